The summed E-state index contributed by atoms with van der Waals surface area (Å²) in [6, 6.07) is 7.88. The van der Waals surface area contributed by atoms with E-state index in [1.54, 1.807) is 0 Å². The Morgan fingerprint density at radius 3 is 2.88 bits per heavy atom. The van der Waals surface area contributed by atoms with E-state index in [-0.39, 0.29) is 0 Å². The number of hydrogen-bond acceptors (Lipinski definition) is 3. The van der Waals surface area contributed by atoms with Crippen molar-refractivity contribution in [2.75, 3.05) is 0 Å². The van der Waals surface area contributed by atoms with Gasteiger partial charge in [-0.2, -0.15) is 4.98 Å². The van der Waals surface area contributed by atoms with E-state index < -0.39 is 0 Å². The van der Waals surface area contributed by atoms with E-state index in [4.69, 9.17) is 4.74 Å². The Kier molecular flexibility index (Phi) is 3.74. The van der Waals surface area contributed by atoms with Crippen molar-refractivity contribution in [3.05, 3.63) is 45.9 Å². The van der Waals surface area contributed by atoms with E-state index in [9.17, 15) is 0 Å². The van der Waals surface area contributed by atoms with E-state index in [1.807, 2.05) is 48.7 Å². The summed E-state index contributed by atoms with van der Waals surface area (Å²) in [6.45, 7) is 1.98. The fourth-order valence-corrected chi connectivity index (χ4v) is 2.37. The standard InChI is InChI=1S/C12H10BrNOS/c1-2-5-9-6-3-4-7-10(9)15-12-14-11(13)8-16-12/h2-8H,1H3. The molecule has 0 saturated carbocycles. The van der Waals surface area contributed by atoms with Crippen molar-refractivity contribution in [1.82, 2.24) is 4.98 Å². The first-order chi connectivity index (χ1) is 7.79. The summed E-state index contributed by atoms with van der Waals surface area (Å²) in [7, 11) is 0. The third kappa shape index (κ3) is 2.71. The van der Waals surface area contributed by atoms with Gasteiger partial charge < -0.3 is 4.74 Å². The summed E-state index contributed by atoms with van der Waals surface area (Å²) in [5.74, 6) is 0.822. The molecule has 16 heavy (non-hydrogen) atoms. The fraction of sp³-hybridized carbons (Fsp3) is 0.0833. The molecule has 0 bridgehead atoms. The molecule has 0 fully saturated rings. The first-order valence-electron chi connectivity index (χ1n) is 4.80. The van der Waals surface area contributed by atoms with Crippen LogP contribution in [0.2, 0.25) is 0 Å². The van der Waals surface area contributed by atoms with Gasteiger partial charge in [-0.1, -0.05) is 41.7 Å². The lowest BCUT2D eigenvalue weighted by molar-refractivity contribution is 0.477. The smallest absolute Gasteiger partial charge is 0.279 e. The third-order valence-corrected chi connectivity index (χ3v) is 3.34. The van der Waals surface area contributed by atoms with Crippen molar-refractivity contribution in [3.63, 3.8) is 0 Å². The second-order valence-electron chi connectivity index (χ2n) is 3.08. The minimum Gasteiger partial charge on any atom is -0.430 e. The quantitative estimate of drug-likeness (QED) is 0.816. The summed E-state index contributed by atoms with van der Waals surface area (Å²) in [5.41, 5.74) is 1.05. The monoisotopic (exact) mass is 295 g/mol. The molecule has 0 amide bonds. The zero-order chi connectivity index (χ0) is 11.4. The number of thiazole rings is 1. The number of allylic oxidation sites excluding steroid dienone is 1. The number of nitrogens with zero attached hydrogens (tertiary/aromatic N) is 1. The normalized spacial score (nSPS) is 10.9. The molecule has 0 aliphatic heterocycles. The molecule has 82 valence electrons. The van der Waals surface area contributed by atoms with Crippen LogP contribution in [0.15, 0.2) is 40.3 Å². The summed E-state index contributed by atoms with van der Waals surface area (Å²) >= 11 is 4.77. The Balaban J connectivity index is 2.27. The summed E-state index contributed by atoms with van der Waals surface area (Å²) in [6.07, 6.45) is 4.00. The third-order valence-electron chi connectivity index (χ3n) is 1.92. The largest absolute Gasteiger partial charge is 0.430 e. The lowest BCUT2D eigenvalue weighted by Crippen LogP contribution is -1.86. The van der Waals surface area contributed by atoms with Gasteiger partial charge in [0.15, 0.2) is 0 Å². The van der Waals surface area contributed by atoms with Crippen LogP contribution in [0.25, 0.3) is 6.08 Å². The van der Waals surface area contributed by atoms with Gasteiger partial charge in [0, 0.05) is 10.9 Å². The van der Waals surface area contributed by atoms with E-state index >= 15 is 0 Å². The van der Waals surface area contributed by atoms with Crippen LogP contribution < -0.4 is 4.74 Å². The highest BCUT2D eigenvalue weighted by atomic mass is 79.9. The molecule has 0 N–H and O–H groups in total. The predicted octanol–water partition coefficient (Wildman–Crippen LogP) is 4.73. The second-order valence-corrected chi connectivity index (χ2v) is 4.71. The minimum atomic E-state index is 0.642. The average Bonchev–Trinajstić information content (AvgIpc) is 2.67. The van der Waals surface area contributed by atoms with Gasteiger partial charge in [0.1, 0.15) is 10.4 Å². The molecule has 0 spiro atoms. The molecule has 0 atom stereocenters. The van der Waals surface area contributed by atoms with Gasteiger partial charge in [-0.25, -0.2) is 0 Å². The number of ether oxygens (including phenoxy) is 1. The van der Waals surface area contributed by atoms with E-state index in [0.29, 0.717) is 5.19 Å². The van der Waals surface area contributed by atoms with Gasteiger partial charge >= 0.3 is 0 Å². The summed E-state index contributed by atoms with van der Waals surface area (Å²) < 4.78 is 6.51. The van der Waals surface area contributed by atoms with E-state index in [0.717, 1.165) is 15.9 Å². The number of para-hydroxylation sites is 1. The van der Waals surface area contributed by atoms with Gasteiger partial charge in [0.25, 0.3) is 5.19 Å². The molecular weight excluding hydrogens is 286 g/mol. The molecule has 2 aromatic rings. The van der Waals surface area contributed by atoms with Crippen molar-refractivity contribution < 1.29 is 4.74 Å². The maximum absolute atomic E-state index is 5.71. The highest BCUT2D eigenvalue weighted by molar-refractivity contribution is 9.10. The van der Waals surface area contributed by atoms with Crippen LogP contribution in [0.1, 0.15) is 12.5 Å². The zero-order valence-electron chi connectivity index (χ0n) is 8.68. The molecule has 1 aromatic heterocycles. The number of hydrogen-bond donors (Lipinski definition) is 0. The van der Waals surface area contributed by atoms with Crippen LogP contribution in [0, 0.1) is 0 Å². The van der Waals surface area contributed by atoms with Crippen LogP contribution in [0.5, 0.6) is 10.9 Å². The second kappa shape index (κ2) is 5.27. The van der Waals surface area contributed by atoms with Crippen LogP contribution in [0.3, 0.4) is 0 Å². The molecule has 0 radical (unpaired) electrons. The summed E-state index contributed by atoms with van der Waals surface area (Å²) in [5, 5.41) is 2.54. The van der Waals surface area contributed by atoms with Crippen LogP contribution in [0.4, 0.5) is 0 Å². The van der Waals surface area contributed by atoms with Crippen molar-refractivity contribution in [1.29, 1.82) is 0 Å². The topological polar surface area (TPSA) is 22.1 Å². The molecule has 2 nitrogen and oxygen atoms in total. The van der Waals surface area contributed by atoms with Crippen molar-refractivity contribution in [2.24, 2.45) is 0 Å². The molecule has 4 heteroatoms. The fourth-order valence-electron chi connectivity index (χ4n) is 1.27. The zero-order valence-corrected chi connectivity index (χ0v) is 11.1. The lowest BCUT2D eigenvalue weighted by Gasteiger charge is -2.04. The number of halogens is 1. The highest BCUT2D eigenvalue weighted by Gasteiger charge is 2.04. The van der Waals surface area contributed by atoms with Crippen LogP contribution in [-0.4, -0.2) is 4.98 Å². The molecular formula is C12H10BrNOS. The Bertz CT molecular complexity index is 507. The minimum absolute atomic E-state index is 0.642. The maximum Gasteiger partial charge on any atom is 0.279 e. The lowest BCUT2D eigenvalue weighted by atomic mass is 10.2. The number of aromatic nitrogens is 1. The van der Waals surface area contributed by atoms with Crippen LogP contribution in [-0.2, 0) is 0 Å². The van der Waals surface area contributed by atoms with Gasteiger partial charge in [-0.05, 0) is 28.9 Å². The average molecular weight is 296 g/mol. The van der Waals surface area contributed by atoms with Gasteiger partial charge in [-0.15, -0.1) is 0 Å². The predicted molar refractivity (Wildman–Crippen MR) is 71.0 cm³/mol. The van der Waals surface area contributed by atoms with Gasteiger partial charge in [-0.3, -0.25) is 0 Å². The van der Waals surface area contributed by atoms with Gasteiger partial charge in [0.2, 0.25) is 0 Å². The maximum atomic E-state index is 5.71. The number of benzene rings is 1. The highest BCUT2D eigenvalue weighted by Crippen LogP contribution is 2.29. The van der Waals surface area contributed by atoms with Crippen LogP contribution >= 0.6 is 27.3 Å². The first kappa shape index (κ1) is 11.4. The van der Waals surface area contributed by atoms with Crippen molar-refractivity contribution >= 4 is 33.3 Å². The molecule has 0 aliphatic carbocycles. The Labute approximate surface area is 107 Å². The molecule has 0 aliphatic rings. The van der Waals surface area contributed by atoms with E-state index in [2.05, 4.69) is 20.9 Å². The Hall–Kier alpha value is -1.13. The molecule has 1 heterocycles. The van der Waals surface area contributed by atoms with E-state index in [1.165, 1.54) is 11.3 Å². The molecule has 1 aromatic carbocycles. The molecule has 0 unspecified atom stereocenters. The SMILES string of the molecule is CC=Cc1ccccc1Oc1nc(Br)cs1. The summed E-state index contributed by atoms with van der Waals surface area (Å²) in [4.78, 5) is 4.20. The molecule has 2 rings (SSSR count). The van der Waals surface area contributed by atoms with Crippen molar-refractivity contribution in [3.8, 4) is 10.9 Å². The Morgan fingerprint density at radius 2 is 2.19 bits per heavy atom. The van der Waals surface area contributed by atoms with Crippen molar-refractivity contribution in [2.45, 2.75) is 6.92 Å². The van der Waals surface area contributed by atoms with Gasteiger partial charge in [0.05, 0.1) is 0 Å². The molecule has 0 saturated heterocycles. The number of rotatable bonds is 3. The first-order valence-corrected chi connectivity index (χ1v) is 6.47. The Morgan fingerprint density at radius 1 is 1.38 bits per heavy atom.